The second-order valence-corrected chi connectivity index (χ2v) is 6.42. The number of hydrogen-bond acceptors (Lipinski definition) is 4. The summed E-state index contributed by atoms with van der Waals surface area (Å²) in [6, 6.07) is 10.8. The molecule has 0 saturated carbocycles. The van der Waals surface area contributed by atoms with Gasteiger partial charge in [0, 0.05) is 5.56 Å². The van der Waals surface area contributed by atoms with Crippen molar-refractivity contribution in [1.29, 1.82) is 0 Å². The summed E-state index contributed by atoms with van der Waals surface area (Å²) in [5.41, 5.74) is 0.280. The topological polar surface area (TPSA) is 62.5 Å². The van der Waals surface area contributed by atoms with Gasteiger partial charge in [-0.3, -0.25) is 4.79 Å². The molecule has 0 fully saturated rings. The molecule has 0 aliphatic heterocycles. The molecule has 6 heteroatoms. The van der Waals surface area contributed by atoms with Crippen LogP contribution in [-0.2, 0) is 5.60 Å². The Morgan fingerprint density at radius 1 is 1.25 bits per heavy atom. The summed E-state index contributed by atoms with van der Waals surface area (Å²) in [5, 5.41) is 16.8. The molecular weight excluding hydrogens is 329 g/mol. The third kappa shape index (κ3) is 3.55. The highest BCUT2D eigenvalue weighted by Crippen LogP contribution is 2.24. The molecule has 24 heavy (non-hydrogen) atoms. The molecule has 2 N–H and O–H groups in total. The lowest BCUT2D eigenvalue weighted by Crippen LogP contribution is -2.38. The molecule has 1 unspecified atom stereocenters. The molecule has 4 nitrogen and oxygen atoms in total. The lowest BCUT2D eigenvalue weighted by Gasteiger charge is -2.22. The number of rotatable bonds is 5. The van der Waals surface area contributed by atoms with Crippen LogP contribution in [0.5, 0.6) is 0 Å². The smallest absolute Gasteiger partial charge is 0.287 e. The van der Waals surface area contributed by atoms with E-state index in [1.54, 1.807) is 31.2 Å². The van der Waals surface area contributed by atoms with E-state index in [0.29, 0.717) is 11.3 Å². The summed E-state index contributed by atoms with van der Waals surface area (Å²) >= 11 is 1.48. The predicted octanol–water partition coefficient (Wildman–Crippen LogP) is 3.78. The summed E-state index contributed by atoms with van der Waals surface area (Å²) < 4.78 is 18.5. The third-order valence-corrected chi connectivity index (χ3v) is 4.38. The van der Waals surface area contributed by atoms with E-state index < -0.39 is 11.5 Å². The van der Waals surface area contributed by atoms with E-state index >= 15 is 0 Å². The van der Waals surface area contributed by atoms with Crippen LogP contribution in [0, 0.1) is 5.82 Å². The summed E-state index contributed by atoms with van der Waals surface area (Å²) in [6.07, 6.45) is 0. The van der Waals surface area contributed by atoms with Gasteiger partial charge < -0.3 is 14.8 Å². The fraction of sp³-hybridized carbons (Fsp3) is 0.167. The molecule has 2 aromatic heterocycles. The van der Waals surface area contributed by atoms with Gasteiger partial charge in [0.1, 0.15) is 17.2 Å². The summed E-state index contributed by atoms with van der Waals surface area (Å²) in [7, 11) is 0. The summed E-state index contributed by atoms with van der Waals surface area (Å²) in [5.74, 6) is -0.141. The Morgan fingerprint density at radius 2 is 2.00 bits per heavy atom. The minimum atomic E-state index is -1.15. The van der Waals surface area contributed by atoms with Crippen LogP contribution in [0.3, 0.4) is 0 Å². The lowest BCUT2D eigenvalue weighted by molar-refractivity contribution is 0.0522. The van der Waals surface area contributed by atoms with E-state index in [4.69, 9.17) is 4.42 Å². The molecule has 0 aliphatic rings. The maximum Gasteiger partial charge on any atom is 0.287 e. The van der Waals surface area contributed by atoms with Crippen molar-refractivity contribution in [3.8, 4) is 11.3 Å². The maximum atomic E-state index is 12.9. The van der Waals surface area contributed by atoms with E-state index in [-0.39, 0.29) is 18.1 Å². The van der Waals surface area contributed by atoms with Gasteiger partial charge in [-0.25, -0.2) is 4.39 Å². The Kier molecular flexibility index (Phi) is 4.51. The number of nitrogens with one attached hydrogen (secondary N) is 1. The zero-order chi connectivity index (χ0) is 17.2. The van der Waals surface area contributed by atoms with Crippen LogP contribution in [0.25, 0.3) is 11.3 Å². The lowest BCUT2D eigenvalue weighted by atomic mass is 9.99. The van der Waals surface area contributed by atoms with Crippen LogP contribution >= 0.6 is 11.3 Å². The van der Waals surface area contributed by atoms with Crippen LogP contribution in [0.2, 0.25) is 0 Å². The van der Waals surface area contributed by atoms with Crippen LogP contribution < -0.4 is 5.32 Å². The fourth-order valence-corrected chi connectivity index (χ4v) is 3.02. The number of amides is 1. The minimum Gasteiger partial charge on any atom is -0.451 e. The average molecular weight is 345 g/mol. The number of carbonyl (C=O) groups excluding carboxylic acids is 1. The zero-order valence-corrected chi connectivity index (χ0v) is 13.8. The highest BCUT2D eigenvalue weighted by molar-refractivity contribution is 7.08. The molecule has 1 amide bonds. The maximum absolute atomic E-state index is 12.9. The Balaban J connectivity index is 1.67. The third-order valence-electron chi connectivity index (χ3n) is 3.69. The van der Waals surface area contributed by atoms with Gasteiger partial charge in [0.2, 0.25) is 0 Å². The molecule has 0 aliphatic carbocycles. The van der Waals surface area contributed by atoms with Crippen molar-refractivity contribution < 1.29 is 18.7 Å². The summed E-state index contributed by atoms with van der Waals surface area (Å²) in [4.78, 5) is 12.2. The van der Waals surface area contributed by atoms with Crippen LogP contribution in [-0.4, -0.2) is 17.6 Å². The summed E-state index contributed by atoms with van der Waals surface area (Å²) in [6.45, 7) is 1.70. The second kappa shape index (κ2) is 6.59. The van der Waals surface area contributed by atoms with E-state index in [1.165, 1.54) is 23.5 Å². The van der Waals surface area contributed by atoms with Crippen LogP contribution in [0.15, 0.2) is 57.6 Å². The fourth-order valence-electron chi connectivity index (χ4n) is 2.24. The number of hydrogen-bond donors (Lipinski definition) is 2. The van der Waals surface area contributed by atoms with Crippen molar-refractivity contribution in [2.45, 2.75) is 12.5 Å². The van der Waals surface area contributed by atoms with Crippen molar-refractivity contribution in [3.05, 3.63) is 70.4 Å². The number of aliphatic hydroxyl groups is 1. The molecule has 1 aromatic carbocycles. The van der Waals surface area contributed by atoms with E-state index in [0.717, 1.165) is 5.56 Å². The SMILES string of the molecule is CC(O)(CNC(=O)c1ccc(-c2ccc(F)cc2)o1)c1ccsc1. The first-order valence-corrected chi connectivity index (χ1v) is 8.29. The number of benzene rings is 1. The Hall–Kier alpha value is -2.44. The molecule has 0 radical (unpaired) electrons. The van der Waals surface area contributed by atoms with Crippen molar-refractivity contribution in [1.82, 2.24) is 5.32 Å². The number of halogens is 1. The van der Waals surface area contributed by atoms with E-state index in [1.807, 2.05) is 16.8 Å². The van der Waals surface area contributed by atoms with Crippen molar-refractivity contribution in [2.24, 2.45) is 0 Å². The quantitative estimate of drug-likeness (QED) is 0.740. The second-order valence-electron chi connectivity index (χ2n) is 5.64. The Morgan fingerprint density at radius 3 is 2.67 bits per heavy atom. The van der Waals surface area contributed by atoms with Gasteiger partial charge in [0.25, 0.3) is 5.91 Å². The molecule has 124 valence electrons. The van der Waals surface area contributed by atoms with Crippen LogP contribution in [0.4, 0.5) is 4.39 Å². The minimum absolute atomic E-state index is 0.0646. The predicted molar refractivity (Wildman–Crippen MR) is 90.3 cm³/mol. The monoisotopic (exact) mass is 345 g/mol. The van der Waals surface area contributed by atoms with Crippen LogP contribution in [0.1, 0.15) is 23.0 Å². The molecule has 0 spiro atoms. The zero-order valence-electron chi connectivity index (χ0n) is 13.0. The van der Waals surface area contributed by atoms with Gasteiger partial charge in [-0.2, -0.15) is 11.3 Å². The highest BCUT2D eigenvalue weighted by Gasteiger charge is 2.25. The number of carbonyl (C=O) groups is 1. The highest BCUT2D eigenvalue weighted by atomic mass is 32.1. The molecule has 2 heterocycles. The van der Waals surface area contributed by atoms with Gasteiger partial charge >= 0.3 is 0 Å². The molecule has 0 bridgehead atoms. The van der Waals surface area contributed by atoms with E-state index in [2.05, 4.69) is 5.32 Å². The number of thiophene rings is 1. The Bertz CT molecular complexity index is 822. The molecule has 3 aromatic rings. The van der Waals surface area contributed by atoms with Gasteiger partial charge in [0.05, 0.1) is 6.54 Å². The number of furan rings is 1. The van der Waals surface area contributed by atoms with Crippen molar-refractivity contribution in [2.75, 3.05) is 6.54 Å². The Labute approximate surface area is 142 Å². The largest absolute Gasteiger partial charge is 0.451 e. The first-order valence-electron chi connectivity index (χ1n) is 7.35. The standard InChI is InChI=1S/C18H16FNO3S/c1-18(22,13-8-9-24-10-13)11-20-17(21)16-7-6-15(23-16)12-2-4-14(19)5-3-12/h2-10,22H,11H2,1H3,(H,20,21). The van der Waals surface area contributed by atoms with Crippen molar-refractivity contribution in [3.63, 3.8) is 0 Å². The average Bonchev–Trinajstić information content (AvgIpc) is 3.25. The van der Waals surface area contributed by atoms with Gasteiger partial charge in [-0.15, -0.1) is 0 Å². The first kappa shape index (κ1) is 16.4. The van der Waals surface area contributed by atoms with E-state index in [9.17, 15) is 14.3 Å². The normalized spacial score (nSPS) is 13.5. The molecule has 1 atom stereocenters. The van der Waals surface area contributed by atoms with Gasteiger partial charge in [-0.1, -0.05) is 0 Å². The molecular formula is C18H16FNO3S. The molecule has 0 saturated heterocycles. The molecule has 3 rings (SSSR count). The van der Waals surface area contributed by atoms with Crippen molar-refractivity contribution >= 4 is 17.2 Å². The van der Waals surface area contributed by atoms with Gasteiger partial charge in [-0.05, 0) is 65.7 Å². The van der Waals surface area contributed by atoms with Gasteiger partial charge in [0.15, 0.2) is 5.76 Å². The first-order chi connectivity index (χ1) is 11.5.